The second-order valence-corrected chi connectivity index (χ2v) is 5.94. The summed E-state index contributed by atoms with van der Waals surface area (Å²) in [7, 11) is 1.87. The Morgan fingerprint density at radius 3 is 2.76 bits per heavy atom. The van der Waals surface area contributed by atoms with Gasteiger partial charge < -0.3 is 10.6 Å². The Balaban J connectivity index is 1.96. The predicted octanol–water partition coefficient (Wildman–Crippen LogP) is 2.70. The molecule has 0 aliphatic heterocycles. The molecule has 0 aromatic carbocycles. The third-order valence-electron chi connectivity index (χ3n) is 3.33. The van der Waals surface area contributed by atoms with E-state index in [1.807, 2.05) is 39.4 Å². The molecule has 0 radical (unpaired) electrons. The van der Waals surface area contributed by atoms with E-state index in [1.165, 1.54) is 0 Å². The van der Waals surface area contributed by atoms with Crippen LogP contribution in [0.2, 0.25) is 0 Å². The van der Waals surface area contributed by atoms with E-state index >= 15 is 0 Å². The Morgan fingerprint density at radius 2 is 2.24 bits per heavy atom. The Kier molecular flexibility index (Phi) is 4.95. The summed E-state index contributed by atoms with van der Waals surface area (Å²) in [6, 6.07) is -0.326. The van der Waals surface area contributed by atoms with E-state index in [1.54, 1.807) is 22.2 Å². The van der Waals surface area contributed by atoms with Crippen LogP contribution in [0.4, 0.5) is 4.79 Å². The van der Waals surface area contributed by atoms with Gasteiger partial charge in [-0.1, -0.05) is 6.92 Å². The third-order valence-corrected chi connectivity index (χ3v) is 4.22. The van der Waals surface area contributed by atoms with Crippen molar-refractivity contribution in [2.45, 2.75) is 39.3 Å². The number of carbonyl (C=O) groups is 1. The van der Waals surface area contributed by atoms with Crippen LogP contribution in [0.5, 0.6) is 0 Å². The van der Waals surface area contributed by atoms with Gasteiger partial charge in [-0.3, -0.25) is 4.68 Å². The fraction of sp³-hybridized carbons (Fsp3) is 0.500. The molecule has 0 fully saturated rings. The van der Waals surface area contributed by atoms with E-state index < -0.39 is 0 Å². The van der Waals surface area contributed by atoms with Gasteiger partial charge in [0.1, 0.15) is 5.01 Å². The Labute approximate surface area is 128 Å². The number of rotatable bonds is 5. The van der Waals surface area contributed by atoms with E-state index in [2.05, 4.69) is 20.7 Å². The highest BCUT2D eigenvalue weighted by Gasteiger charge is 2.18. The summed E-state index contributed by atoms with van der Waals surface area (Å²) in [4.78, 5) is 16.4. The Morgan fingerprint density at radius 1 is 1.48 bits per heavy atom. The molecule has 0 aliphatic carbocycles. The minimum atomic E-state index is -0.187. The third kappa shape index (κ3) is 3.81. The molecule has 2 atom stereocenters. The lowest BCUT2D eigenvalue weighted by Crippen LogP contribution is -2.39. The van der Waals surface area contributed by atoms with Crippen molar-refractivity contribution in [2.24, 2.45) is 7.05 Å². The first kappa shape index (κ1) is 15.5. The first-order chi connectivity index (χ1) is 10.0. The maximum absolute atomic E-state index is 12.1. The maximum Gasteiger partial charge on any atom is 0.315 e. The number of hydrogen-bond donors (Lipinski definition) is 2. The van der Waals surface area contributed by atoms with Crippen LogP contribution in [-0.4, -0.2) is 20.8 Å². The van der Waals surface area contributed by atoms with Gasteiger partial charge in [-0.2, -0.15) is 5.10 Å². The number of aryl methyl sites for hydroxylation is 2. The molecule has 6 nitrogen and oxygen atoms in total. The number of nitrogens with zero attached hydrogens (tertiary/aromatic N) is 3. The topological polar surface area (TPSA) is 71.8 Å². The van der Waals surface area contributed by atoms with Gasteiger partial charge >= 0.3 is 6.03 Å². The van der Waals surface area contributed by atoms with Gasteiger partial charge in [0.25, 0.3) is 0 Å². The number of hydrogen-bond acceptors (Lipinski definition) is 4. The van der Waals surface area contributed by atoms with E-state index in [-0.39, 0.29) is 18.1 Å². The van der Waals surface area contributed by atoms with Crippen LogP contribution in [0.3, 0.4) is 0 Å². The zero-order valence-electron chi connectivity index (χ0n) is 12.8. The maximum atomic E-state index is 12.1. The molecule has 0 saturated heterocycles. The lowest BCUT2D eigenvalue weighted by Gasteiger charge is -2.18. The SMILES string of the molecule is CC[C@@H](NC(=O)N[C@@H](C)c1cn(C)nc1C)c1nccs1. The summed E-state index contributed by atoms with van der Waals surface area (Å²) in [6.07, 6.45) is 4.49. The Hall–Kier alpha value is -1.89. The van der Waals surface area contributed by atoms with Crippen LogP contribution >= 0.6 is 11.3 Å². The highest BCUT2D eigenvalue weighted by molar-refractivity contribution is 7.09. The van der Waals surface area contributed by atoms with Gasteiger partial charge in [-0.25, -0.2) is 9.78 Å². The smallest absolute Gasteiger partial charge is 0.315 e. The van der Waals surface area contributed by atoms with E-state index in [9.17, 15) is 4.79 Å². The van der Waals surface area contributed by atoms with Crippen molar-refractivity contribution in [1.29, 1.82) is 0 Å². The highest BCUT2D eigenvalue weighted by atomic mass is 32.1. The summed E-state index contributed by atoms with van der Waals surface area (Å²) in [5.74, 6) is 0. The molecular weight excluding hydrogens is 286 g/mol. The fourth-order valence-electron chi connectivity index (χ4n) is 2.26. The van der Waals surface area contributed by atoms with Crippen molar-refractivity contribution in [2.75, 3.05) is 0 Å². The first-order valence-corrected chi connectivity index (χ1v) is 7.85. The van der Waals surface area contributed by atoms with Crippen molar-refractivity contribution in [3.63, 3.8) is 0 Å². The summed E-state index contributed by atoms with van der Waals surface area (Å²) in [5, 5.41) is 13.1. The lowest BCUT2D eigenvalue weighted by atomic mass is 10.1. The van der Waals surface area contributed by atoms with Crippen LogP contribution in [0, 0.1) is 6.92 Å². The summed E-state index contributed by atoms with van der Waals surface area (Å²) in [6.45, 7) is 5.92. The lowest BCUT2D eigenvalue weighted by molar-refractivity contribution is 0.233. The standard InChI is InChI=1S/C14H21N5OS/c1-5-12(13-15-6-7-21-13)17-14(20)16-9(2)11-8-19(4)18-10(11)3/h6-9,12H,5H2,1-4H3,(H2,16,17,20)/t9-,12+/m0/s1. The van der Waals surface area contributed by atoms with Crippen LogP contribution < -0.4 is 10.6 Å². The number of thiazole rings is 1. The van der Waals surface area contributed by atoms with Crippen molar-refractivity contribution in [3.05, 3.63) is 34.0 Å². The van der Waals surface area contributed by atoms with Crippen molar-refractivity contribution < 1.29 is 4.79 Å². The molecule has 0 bridgehead atoms. The molecule has 2 aromatic rings. The number of amides is 2. The molecule has 0 spiro atoms. The predicted molar refractivity (Wildman–Crippen MR) is 83.2 cm³/mol. The highest BCUT2D eigenvalue weighted by Crippen LogP contribution is 2.19. The largest absolute Gasteiger partial charge is 0.332 e. The average molecular weight is 307 g/mol. The van der Waals surface area contributed by atoms with E-state index in [0.29, 0.717) is 0 Å². The fourth-order valence-corrected chi connectivity index (χ4v) is 3.04. The van der Waals surface area contributed by atoms with Gasteiger partial charge in [-0.05, 0) is 20.3 Å². The van der Waals surface area contributed by atoms with Gasteiger partial charge in [-0.15, -0.1) is 11.3 Å². The molecule has 114 valence electrons. The summed E-state index contributed by atoms with van der Waals surface area (Å²) in [5.41, 5.74) is 1.95. The monoisotopic (exact) mass is 307 g/mol. The second-order valence-electron chi connectivity index (χ2n) is 5.01. The molecule has 21 heavy (non-hydrogen) atoms. The zero-order chi connectivity index (χ0) is 15.4. The van der Waals surface area contributed by atoms with Crippen molar-refractivity contribution in [1.82, 2.24) is 25.4 Å². The van der Waals surface area contributed by atoms with Gasteiger partial charge in [0.2, 0.25) is 0 Å². The van der Waals surface area contributed by atoms with E-state index in [4.69, 9.17) is 0 Å². The van der Waals surface area contributed by atoms with E-state index in [0.717, 1.165) is 22.7 Å². The van der Waals surface area contributed by atoms with Crippen LogP contribution in [0.1, 0.15) is 48.6 Å². The van der Waals surface area contributed by atoms with Gasteiger partial charge in [0, 0.05) is 30.4 Å². The van der Waals surface area contributed by atoms with Crippen molar-refractivity contribution >= 4 is 17.4 Å². The van der Waals surface area contributed by atoms with Gasteiger partial charge in [0.05, 0.1) is 17.8 Å². The molecule has 2 aromatic heterocycles. The molecule has 2 heterocycles. The molecule has 2 N–H and O–H groups in total. The minimum Gasteiger partial charge on any atom is -0.332 e. The quantitative estimate of drug-likeness (QED) is 0.892. The Bertz CT molecular complexity index is 593. The zero-order valence-corrected chi connectivity index (χ0v) is 13.6. The molecule has 0 aliphatic rings. The molecule has 7 heteroatoms. The summed E-state index contributed by atoms with van der Waals surface area (Å²) < 4.78 is 1.76. The number of carbonyl (C=O) groups excluding carboxylic acids is 1. The molecular formula is C14H21N5OS. The normalized spacial score (nSPS) is 13.7. The minimum absolute atomic E-state index is 0.0489. The van der Waals surface area contributed by atoms with Crippen LogP contribution in [0.25, 0.3) is 0 Å². The molecule has 0 unspecified atom stereocenters. The first-order valence-electron chi connectivity index (χ1n) is 6.97. The molecule has 2 amide bonds. The summed E-state index contributed by atoms with van der Waals surface area (Å²) >= 11 is 1.55. The van der Waals surface area contributed by atoms with Gasteiger partial charge in [0.15, 0.2) is 0 Å². The average Bonchev–Trinajstić information content (AvgIpc) is 3.05. The number of aromatic nitrogens is 3. The number of nitrogens with one attached hydrogen (secondary N) is 2. The van der Waals surface area contributed by atoms with Crippen molar-refractivity contribution in [3.8, 4) is 0 Å². The molecule has 0 saturated carbocycles. The van der Waals surface area contributed by atoms with Crippen LogP contribution in [-0.2, 0) is 7.05 Å². The van der Waals surface area contributed by atoms with Crippen LogP contribution in [0.15, 0.2) is 17.8 Å². The number of urea groups is 1. The second kappa shape index (κ2) is 6.71. The molecule has 2 rings (SSSR count).